The number of rotatable bonds is 2. The Morgan fingerprint density at radius 1 is 1.50 bits per heavy atom. The highest BCUT2D eigenvalue weighted by Gasteiger charge is 1.76. The third-order valence-corrected chi connectivity index (χ3v) is 0.595. The molecule has 3 heteroatoms. The van der Waals surface area contributed by atoms with Crippen LogP contribution in [0, 0.1) is 0 Å². The van der Waals surface area contributed by atoms with Crippen LogP contribution in [0.25, 0.3) is 0 Å². The summed E-state index contributed by atoms with van der Waals surface area (Å²) >= 11 is 0. The molecule has 0 aromatic heterocycles. The monoisotopic (exact) mass is 113 g/mol. The predicted molar refractivity (Wildman–Crippen MR) is 33.4 cm³/mol. The minimum absolute atomic E-state index is 1.64. The Kier molecular flexibility index (Phi) is 3.84. The lowest BCUT2D eigenvalue weighted by atomic mass is 10.7. The molecule has 0 atom stereocenters. The lowest BCUT2D eigenvalue weighted by molar-refractivity contribution is 0.452. The first-order chi connectivity index (χ1) is 3.81. The summed E-state index contributed by atoms with van der Waals surface area (Å²) in [5.41, 5.74) is 0. The summed E-state index contributed by atoms with van der Waals surface area (Å²) in [7, 11) is 3.47. The van der Waals surface area contributed by atoms with Gasteiger partial charge in [-0.3, -0.25) is 5.01 Å². The van der Waals surface area contributed by atoms with Crippen LogP contribution in [0.1, 0.15) is 6.92 Å². The maximum absolute atomic E-state index is 3.69. The van der Waals surface area contributed by atoms with E-state index in [0.29, 0.717) is 0 Å². The van der Waals surface area contributed by atoms with Gasteiger partial charge in [0, 0.05) is 13.2 Å². The van der Waals surface area contributed by atoms with E-state index >= 15 is 0 Å². The summed E-state index contributed by atoms with van der Waals surface area (Å²) in [5.74, 6) is 0. The van der Waals surface area contributed by atoms with Crippen LogP contribution in [-0.4, -0.2) is 19.1 Å². The van der Waals surface area contributed by atoms with Crippen LogP contribution in [-0.2, 0) is 0 Å². The van der Waals surface area contributed by atoms with E-state index in [1.807, 2.05) is 26.2 Å². The van der Waals surface area contributed by atoms with Crippen LogP contribution in [0.15, 0.2) is 22.6 Å². The molecule has 0 radical (unpaired) electrons. The summed E-state index contributed by atoms with van der Waals surface area (Å²) in [6.45, 7) is 1.93. The summed E-state index contributed by atoms with van der Waals surface area (Å²) in [6.07, 6.45) is 3.72. The molecule has 0 aromatic carbocycles. The average Bonchev–Trinajstić information content (AvgIpc) is 1.68. The highest BCUT2D eigenvalue weighted by molar-refractivity contribution is 4.72. The summed E-state index contributed by atoms with van der Waals surface area (Å²) in [6, 6.07) is 0. The van der Waals surface area contributed by atoms with Gasteiger partial charge in [-0.15, -0.1) is 0 Å². The van der Waals surface area contributed by atoms with E-state index in [1.54, 1.807) is 12.1 Å². The highest BCUT2D eigenvalue weighted by Crippen LogP contribution is 1.83. The van der Waals surface area contributed by atoms with E-state index in [2.05, 4.69) is 10.3 Å². The molecule has 3 nitrogen and oxygen atoms in total. The van der Waals surface area contributed by atoms with Crippen LogP contribution in [0.4, 0.5) is 0 Å². The molecule has 0 rings (SSSR count). The Hall–Kier alpha value is -0.860. The van der Waals surface area contributed by atoms with Gasteiger partial charge < -0.3 is 0 Å². The first kappa shape index (κ1) is 7.14. The molecule has 0 unspecified atom stereocenters. The smallest absolute Gasteiger partial charge is 0.0509 e. The van der Waals surface area contributed by atoms with Gasteiger partial charge in [-0.2, -0.15) is 5.11 Å². The van der Waals surface area contributed by atoms with Crippen LogP contribution >= 0.6 is 0 Å². The first-order valence-corrected chi connectivity index (χ1v) is 2.46. The van der Waals surface area contributed by atoms with E-state index in [-0.39, 0.29) is 0 Å². The molecule has 0 N–H and O–H groups in total. The fourth-order valence-electron chi connectivity index (χ4n) is 0.387. The average molecular weight is 113 g/mol. The van der Waals surface area contributed by atoms with Gasteiger partial charge >= 0.3 is 0 Å². The van der Waals surface area contributed by atoms with E-state index in [1.165, 1.54) is 0 Å². The maximum atomic E-state index is 3.69. The standard InChI is InChI=1S/C5H11N3/c1-4-5-8(3)7-6-2/h4-5H,1-3H3/b5-4-,7-6-. The quantitative estimate of drug-likeness (QED) is 0.393. The van der Waals surface area contributed by atoms with Crippen molar-refractivity contribution in [2.75, 3.05) is 14.1 Å². The van der Waals surface area contributed by atoms with Crippen LogP contribution < -0.4 is 0 Å². The molecular formula is C5H11N3. The fraction of sp³-hybridized carbons (Fsp3) is 0.600. The fourth-order valence-corrected chi connectivity index (χ4v) is 0.387. The minimum atomic E-state index is 1.64. The van der Waals surface area contributed by atoms with Gasteiger partial charge in [0.15, 0.2) is 0 Å². The van der Waals surface area contributed by atoms with Crippen molar-refractivity contribution < 1.29 is 0 Å². The molecule has 0 spiro atoms. The number of nitrogens with zero attached hydrogens (tertiary/aromatic N) is 3. The molecule has 0 bridgehead atoms. The number of hydrogen-bond acceptors (Lipinski definition) is 2. The predicted octanol–water partition coefficient (Wildman–Crippen LogP) is 1.45. The third kappa shape index (κ3) is 3.33. The zero-order valence-corrected chi connectivity index (χ0v) is 5.50. The van der Waals surface area contributed by atoms with Crippen molar-refractivity contribution in [3.8, 4) is 0 Å². The van der Waals surface area contributed by atoms with Crippen molar-refractivity contribution in [2.45, 2.75) is 6.92 Å². The highest BCUT2D eigenvalue weighted by atomic mass is 15.5. The van der Waals surface area contributed by atoms with Gasteiger partial charge in [0.05, 0.1) is 7.05 Å². The molecular weight excluding hydrogens is 102 g/mol. The maximum Gasteiger partial charge on any atom is 0.0509 e. The Labute approximate surface area is 49.7 Å². The minimum Gasteiger partial charge on any atom is -0.258 e. The van der Waals surface area contributed by atoms with Gasteiger partial charge in [0.2, 0.25) is 0 Å². The molecule has 0 aliphatic carbocycles. The molecule has 0 saturated carbocycles. The largest absolute Gasteiger partial charge is 0.258 e. The lowest BCUT2D eigenvalue weighted by Gasteiger charge is -2.00. The second kappa shape index (κ2) is 4.30. The van der Waals surface area contributed by atoms with Crippen LogP contribution in [0.3, 0.4) is 0 Å². The molecule has 46 valence electrons. The third-order valence-electron chi connectivity index (χ3n) is 0.595. The first-order valence-electron chi connectivity index (χ1n) is 2.46. The Morgan fingerprint density at radius 3 is 2.50 bits per heavy atom. The van der Waals surface area contributed by atoms with Gasteiger partial charge in [0.1, 0.15) is 0 Å². The second-order valence-corrected chi connectivity index (χ2v) is 1.35. The van der Waals surface area contributed by atoms with Crippen molar-refractivity contribution in [3.05, 3.63) is 12.3 Å². The number of allylic oxidation sites excluding steroid dienone is 1. The van der Waals surface area contributed by atoms with Gasteiger partial charge in [0.25, 0.3) is 0 Å². The molecule has 0 aliphatic rings. The molecule has 0 saturated heterocycles. The van der Waals surface area contributed by atoms with Crippen LogP contribution in [0.5, 0.6) is 0 Å². The molecule has 8 heavy (non-hydrogen) atoms. The summed E-state index contributed by atoms with van der Waals surface area (Å²) in [4.78, 5) is 0. The van der Waals surface area contributed by atoms with E-state index in [4.69, 9.17) is 0 Å². The summed E-state index contributed by atoms with van der Waals surface area (Å²) < 4.78 is 0. The van der Waals surface area contributed by atoms with Gasteiger partial charge in [-0.1, -0.05) is 11.3 Å². The molecule has 0 heterocycles. The van der Waals surface area contributed by atoms with Crippen molar-refractivity contribution in [3.63, 3.8) is 0 Å². The Bertz CT molecular complexity index is 83.8. The molecule has 0 fully saturated rings. The Morgan fingerprint density at radius 2 is 2.12 bits per heavy atom. The number of hydrogen-bond donors (Lipinski definition) is 0. The zero-order chi connectivity index (χ0) is 6.41. The molecule has 0 aliphatic heterocycles. The SMILES string of the molecule is C/C=C\N(C)/N=N\C. The van der Waals surface area contributed by atoms with Crippen molar-refractivity contribution in [1.29, 1.82) is 0 Å². The second-order valence-electron chi connectivity index (χ2n) is 1.35. The van der Waals surface area contributed by atoms with Crippen molar-refractivity contribution in [1.82, 2.24) is 5.01 Å². The van der Waals surface area contributed by atoms with Crippen molar-refractivity contribution >= 4 is 0 Å². The van der Waals surface area contributed by atoms with Gasteiger partial charge in [-0.05, 0) is 6.92 Å². The Balaban J connectivity index is 3.47. The molecule has 0 aromatic rings. The van der Waals surface area contributed by atoms with E-state index in [0.717, 1.165) is 0 Å². The van der Waals surface area contributed by atoms with Gasteiger partial charge in [-0.25, -0.2) is 0 Å². The van der Waals surface area contributed by atoms with E-state index < -0.39 is 0 Å². The van der Waals surface area contributed by atoms with E-state index in [9.17, 15) is 0 Å². The lowest BCUT2D eigenvalue weighted by Crippen LogP contribution is -1.97. The normalized spacial score (nSPS) is 11.4. The van der Waals surface area contributed by atoms with Crippen LogP contribution in [0.2, 0.25) is 0 Å². The summed E-state index contributed by atoms with van der Waals surface area (Å²) in [5, 5.41) is 8.88. The topological polar surface area (TPSA) is 28.0 Å². The zero-order valence-electron chi connectivity index (χ0n) is 5.50. The van der Waals surface area contributed by atoms with Crippen molar-refractivity contribution in [2.24, 2.45) is 10.3 Å². The molecule has 0 amide bonds.